The molecule has 0 amide bonds. The van der Waals surface area contributed by atoms with Crippen LogP contribution in [-0.4, -0.2) is 27.7 Å². The largest absolute Gasteiger partial charge is 0.396 e. The normalized spacial score (nSPS) is 22.3. The van der Waals surface area contributed by atoms with Crippen molar-refractivity contribution in [2.24, 2.45) is 5.92 Å². The van der Waals surface area contributed by atoms with Crippen LogP contribution in [0.4, 0.5) is 5.82 Å². The summed E-state index contributed by atoms with van der Waals surface area (Å²) in [5.74, 6) is 1.96. The van der Waals surface area contributed by atoms with E-state index in [1.807, 2.05) is 6.92 Å². The van der Waals surface area contributed by atoms with Crippen molar-refractivity contribution in [3.05, 3.63) is 28.9 Å². The third-order valence-electron chi connectivity index (χ3n) is 3.46. The summed E-state index contributed by atoms with van der Waals surface area (Å²) in [7, 11) is 0. The lowest BCUT2D eigenvalue weighted by Gasteiger charge is -2.14. The number of fused-ring (bicyclic) bond motifs is 1. The van der Waals surface area contributed by atoms with Crippen molar-refractivity contribution in [2.75, 3.05) is 11.9 Å². The predicted octanol–water partition coefficient (Wildman–Crippen LogP) is 2.66. The third-order valence-corrected chi connectivity index (χ3v) is 4.45. The van der Waals surface area contributed by atoms with Gasteiger partial charge in [0.25, 0.3) is 0 Å². The average Bonchev–Trinajstić information content (AvgIpc) is 2.96. The Hall–Kier alpha value is -1.46. The van der Waals surface area contributed by atoms with Crippen LogP contribution in [0.2, 0.25) is 0 Å². The zero-order valence-electron chi connectivity index (χ0n) is 11.1. The molecule has 3 rings (SSSR count). The van der Waals surface area contributed by atoms with Gasteiger partial charge < -0.3 is 10.4 Å². The van der Waals surface area contributed by atoms with Crippen LogP contribution in [0, 0.1) is 19.8 Å². The van der Waals surface area contributed by atoms with E-state index in [9.17, 15) is 5.11 Å². The van der Waals surface area contributed by atoms with E-state index in [1.165, 1.54) is 5.56 Å². The quantitative estimate of drug-likeness (QED) is 0.846. The molecule has 0 saturated heterocycles. The number of nitrogens with zero attached hydrogens (tertiary/aromatic N) is 2. The zero-order chi connectivity index (χ0) is 13.4. The molecule has 1 aliphatic carbocycles. The minimum Gasteiger partial charge on any atom is -0.396 e. The first-order chi connectivity index (χ1) is 9.17. The highest BCUT2D eigenvalue weighted by Gasteiger charge is 2.20. The van der Waals surface area contributed by atoms with Crippen LogP contribution in [-0.2, 0) is 0 Å². The Bertz CT molecular complexity index is 635. The minimum absolute atomic E-state index is 0.213. The number of hydrogen-bond donors (Lipinski definition) is 2. The topological polar surface area (TPSA) is 58.0 Å². The predicted molar refractivity (Wildman–Crippen MR) is 78.6 cm³/mol. The van der Waals surface area contributed by atoms with Gasteiger partial charge in [0.15, 0.2) is 0 Å². The average molecular weight is 275 g/mol. The molecule has 0 saturated carbocycles. The number of aliphatic hydroxyl groups excluding tert-OH is 1. The third kappa shape index (κ3) is 2.35. The number of hydrogen-bond acceptors (Lipinski definition) is 5. The van der Waals surface area contributed by atoms with E-state index in [0.29, 0.717) is 0 Å². The molecule has 0 unspecified atom stereocenters. The second-order valence-corrected chi connectivity index (χ2v) is 5.89. The summed E-state index contributed by atoms with van der Waals surface area (Å²) in [6.45, 7) is 4.22. The van der Waals surface area contributed by atoms with E-state index in [4.69, 9.17) is 0 Å². The molecule has 2 heterocycles. The molecule has 1 aliphatic rings. The molecule has 0 bridgehead atoms. The van der Waals surface area contributed by atoms with Crippen molar-refractivity contribution in [1.29, 1.82) is 0 Å². The summed E-state index contributed by atoms with van der Waals surface area (Å²) < 4.78 is 0. The first-order valence-electron chi connectivity index (χ1n) is 6.45. The summed E-state index contributed by atoms with van der Waals surface area (Å²) >= 11 is 1.66. The Labute approximate surface area is 116 Å². The molecule has 0 aromatic carbocycles. The fraction of sp³-hybridized carbons (Fsp3) is 0.429. The highest BCUT2D eigenvalue weighted by atomic mass is 32.1. The van der Waals surface area contributed by atoms with Gasteiger partial charge >= 0.3 is 0 Å². The van der Waals surface area contributed by atoms with E-state index in [-0.39, 0.29) is 18.6 Å². The van der Waals surface area contributed by atoms with Gasteiger partial charge in [0, 0.05) is 18.6 Å². The first kappa shape index (κ1) is 12.6. The van der Waals surface area contributed by atoms with E-state index in [1.54, 1.807) is 11.3 Å². The second kappa shape index (κ2) is 4.90. The number of aromatic nitrogens is 2. The van der Waals surface area contributed by atoms with Crippen LogP contribution >= 0.6 is 11.3 Å². The van der Waals surface area contributed by atoms with Crippen molar-refractivity contribution >= 4 is 27.4 Å². The van der Waals surface area contributed by atoms with Crippen LogP contribution in [0.1, 0.15) is 17.8 Å². The van der Waals surface area contributed by atoms with Gasteiger partial charge in [-0.2, -0.15) is 0 Å². The molecule has 0 spiro atoms. The van der Waals surface area contributed by atoms with Gasteiger partial charge in [0.05, 0.1) is 5.39 Å². The molecule has 100 valence electrons. The fourth-order valence-electron chi connectivity index (χ4n) is 2.49. The van der Waals surface area contributed by atoms with Crippen LogP contribution < -0.4 is 5.32 Å². The Balaban J connectivity index is 1.92. The molecule has 5 heteroatoms. The van der Waals surface area contributed by atoms with Crippen molar-refractivity contribution in [3.8, 4) is 0 Å². The molecule has 0 aliphatic heterocycles. The number of nitrogens with one attached hydrogen (secondary N) is 1. The molecular weight excluding hydrogens is 258 g/mol. The zero-order valence-corrected chi connectivity index (χ0v) is 11.9. The van der Waals surface area contributed by atoms with Crippen LogP contribution in [0.3, 0.4) is 0 Å². The Morgan fingerprint density at radius 3 is 2.95 bits per heavy atom. The number of anilines is 1. The van der Waals surface area contributed by atoms with Crippen molar-refractivity contribution < 1.29 is 5.11 Å². The summed E-state index contributed by atoms with van der Waals surface area (Å²) in [6, 6.07) is 0.244. The lowest BCUT2D eigenvalue weighted by Crippen LogP contribution is -2.18. The molecule has 2 atom stereocenters. The second-order valence-electron chi connectivity index (χ2n) is 5.03. The molecule has 0 fully saturated rings. The lowest BCUT2D eigenvalue weighted by molar-refractivity contribution is 0.250. The maximum absolute atomic E-state index is 9.17. The van der Waals surface area contributed by atoms with Crippen molar-refractivity contribution in [2.45, 2.75) is 26.3 Å². The molecule has 2 aromatic rings. The van der Waals surface area contributed by atoms with Crippen LogP contribution in [0.5, 0.6) is 0 Å². The van der Waals surface area contributed by atoms with Crippen LogP contribution in [0.25, 0.3) is 10.2 Å². The SMILES string of the molecule is Cc1nc(N[C@H]2C=C[C@@H](CO)C2)c2c(C)csc2n1. The maximum Gasteiger partial charge on any atom is 0.139 e. The van der Waals surface area contributed by atoms with Crippen LogP contribution in [0.15, 0.2) is 17.5 Å². The molecular formula is C14H17N3OS. The summed E-state index contributed by atoms with van der Waals surface area (Å²) in [4.78, 5) is 10.0. The molecule has 2 N–H and O–H groups in total. The van der Waals surface area contributed by atoms with Crippen molar-refractivity contribution in [3.63, 3.8) is 0 Å². The summed E-state index contributed by atoms with van der Waals surface area (Å²) in [5.41, 5.74) is 1.21. The van der Waals surface area contributed by atoms with E-state index in [0.717, 1.165) is 28.3 Å². The smallest absolute Gasteiger partial charge is 0.139 e. The van der Waals surface area contributed by atoms with Gasteiger partial charge in [-0.3, -0.25) is 0 Å². The fourth-order valence-corrected chi connectivity index (χ4v) is 3.45. The summed E-state index contributed by atoms with van der Waals surface area (Å²) in [5, 5.41) is 15.9. The Morgan fingerprint density at radius 2 is 2.21 bits per heavy atom. The van der Waals surface area contributed by atoms with Gasteiger partial charge in [-0.05, 0) is 31.2 Å². The monoisotopic (exact) mass is 275 g/mol. The molecule has 4 nitrogen and oxygen atoms in total. The number of rotatable bonds is 3. The molecule has 2 aromatic heterocycles. The highest BCUT2D eigenvalue weighted by molar-refractivity contribution is 7.17. The minimum atomic E-state index is 0.213. The number of aryl methyl sites for hydroxylation is 2. The van der Waals surface area contributed by atoms with E-state index >= 15 is 0 Å². The Morgan fingerprint density at radius 1 is 1.37 bits per heavy atom. The number of thiophene rings is 1. The first-order valence-corrected chi connectivity index (χ1v) is 7.33. The van der Waals surface area contributed by atoms with Gasteiger partial charge in [-0.25, -0.2) is 9.97 Å². The highest BCUT2D eigenvalue weighted by Crippen LogP contribution is 2.31. The van der Waals surface area contributed by atoms with Gasteiger partial charge in [-0.1, -0.05) is 12.2 Å². The Kier molecular flexibility index (Phi) is 3.24. The molecule has 19 heavy (non-hydrogen) atoms. The van der Waals surface area contributed by atoms with Crippen molar-refractivity contribution in [1.82, 2.24) is 9.97 Å². The summed E-state index contributed by atoms with van der Waals surface area (Å²) in [6.07, 6.45) is 5.11. The lowest BCUT2D eigenvalue weighted by atomic mass is 10.1. The molecule has 0 radical (unpaired) electrons. The standard InChI is InChI=1S/C14H17N3OS/c1-8-7-19-14-12(8)13(15-9(2)16-14)17-11-4-3-10(5-11)6-18/h3-4,7,10-11,18H,5-6H2,1-2H3,(H,15,16,17)/t10-,11+/m1/s1. The van der Waals surface area contributed by atoms with Gasteiger partial charge in [0.2, 0.25) is 0 Å². The number of aliphatic hydroxyl groups is 1. The van der Waals surface area contributed by atoms with E-state index in [2.05, 4.69) is 39.7 Å². The maximum atomic E-state index is 9.17. The van der Waals surface area contributed by atoms with E-state index < -0.39 is 0 Å². The van der Waals surface area contributed by atoms with Gasteiger partial charge in [0.1, 0.15) is 16.5 Å². The van der Waals surface area contributed by atoms with Gasteiger partial charge in [-0.15, -0.1) is 11.3 Å².